The standard InChI is InChI=1S/C24H31Cl2N3O5S/c1-5-13-27-24(31)22(6-2)28(15-17-7-10-19(34-3)11-8-17)23(30)16-29(35(4,32)33)18-9-12-20(25)21(26)14-18/h7-12,14,22H,5-6,13,15-16H2,1-4H3,(H,27,31)/t22-/m0/s1. The summed E-state index contributed by atoms with van der Waals surface area (Å²) in [5.41, 5.74) is 0.962. The van der Waals surface area contributed by atoms with Gasteiger partial charge < -0.3 is 15.0 Å². The number of ether oxygens (including phenoxy) is 1. The molecule has 0 heterocycles. The summed E-state index contributed by atoms with van der Waals surface area (Å²) in [5, 5.41) is 3.25. The molecule has 2 aromatic carbocycles. The third-order valence-electron chi connectivity index (χ3n) is 5.32. The second-order valence-electron chi connectivity index (χ2n) is 7.95. The van der Waals surface area contributed by atoms with Crippen LogP contribution >= 0.6 is 23.2 Å². The van der Waals surface area contributed by atoms with E-state index in [9.17, 15) is 18.0 Å². The first-order chi connectivity index (χ1) is 16.5. The minimum atomic E-state index is -3.86. The van der Waals surface area contributed by atoms with Crippen molar-refractivity contribution < 1.29 is 22.7 Å². The van der Waals surface area contributed by atoms with Gasteiger partial charge in [-0.3, -0.25) is 13.9 Å². The molecule has 0 aliphatic carbocycles. The molecule has 8 nitrogen and oxygen atoms in total. The fourth-order valence-electron chi connectivity index (χ4n) is 3.47. The zero-order valence-electron chi connectivity index (χ0n) is 20.3. The minimum Gasteiger partial charge on any atom is -0.497 e. The number of hydrogen-bond donors (Lipinski definition) is 1. The molecule has 0 unspecified atom stereocenters. The molecule has 0 spiro atoms. The van der Waals surface area contributed by atoms with Crippen molar-refractivity contribution in [2.45, 2.75) is 39.3 Å². The number of halogens is 2. The topological polar surface area (TPSA) is 96.0 Å². The molecule has 35 heavy (non-hydrogen) atoms. The van der Waals surface area contributed by atoms with Gasteiger partial charge in [-0.25, -0.2) is 8.42 Å². The lowest BCUT2D eigenvalue weighted by molar-refractivity contribution is -0.140. The van der Waals surface area contributed by atoms with E-state index in [4.69, 9.17) is 27.9 Å². The predicted octanol–water partition coefficient (Wildman–Crippen LogP) is 4.10. The molecule has 2 amide bonds. The monoisotopic (exact) mass is 543 g/mol. The Labute approximate surface area is 217 Å². The molecule has 0 saturated carbocycles. The van der Waals surface area contributed by atoms with Crippen LogP contribution in [0.1, 0.15) is 32.3 Å². The number of benzene rings is 2. The molecule has 0 radical (unpaired) electrons. The Bertz CT molecular complexity index is 1130. The largest absolute Gasteiger partial charge is 0.497 e. The Morgan fingerprint density at radius 3 is 2.23 bits per heavy atom. The van der Waals surface area contributed by atoms with Crippen LogP contribution in [-0.2, 0) is 26.2 Å². The Hall–Kier alpha value is -2.49. The number of nitrogens with one attached hydrogen (secondary N) is 1. The van der Waals surface area contributed by atoms with E-state index in [0.29, 0.717) is 18.7 Å². The number of hydrogen-bond acceptors (Lipinski definition) is 5. The fourth-order valence-corrected chi connectivity index (χ4v) is 4.60. The van der Waals surface area contributed by atoms with Crippen molar-refractivity contribution >= 4 is 50.7 Å². The van der Waals surface area contributed by atoms with Crippen molar-refractivity contribution in [1.29, 1.82) is 0 Å². The number of nitrogens with zero attached hydrogens (tertiary/aromatic N) is 2. The van der Waals surface area contributed by atoms with E-state index < -0.39 is 28.5 Å². The zero-order chi connectivity index (χ0) is 26.2. The summed E-state index contributed by atoms with van der Waals surface area (Å²) in [7, 11) is -2.30. The average molecular weight is 545 g/mol. The number of methoxy groups -OCH3 is 1. The van der Waals surface area contributed by atoms with Gasteiger partial charge in [-0.1, -0.05) is 49.2 Å². The smallest absolute Gasteiger partial charge is 0.244 e. The number of anilines is 1. The van der Waals surface area contributed by atoms with Gasteiger partial charge in [0, 0.05) is 13.1 Å². The van der Waals surface area contributed by atoms with Gasteiger partial charge >= 0.3 is 0 Å². The lowest BCUT2D eigenvalue weighted by Crippen LogP contribution is -2.52. The first-order valence-corrected chi connectivity index (χ1v) is 13.7. The zero-order valence-corrected chi connectivity index (χ0v) is 22.6. The van der Waals surface area contributed by atoms with Crippen LogP contribution in [0.4, 0.5) is 5.69 Å². The lowest BCUT2D eigenvalue weighted by Gasteiger charge is -2.33. The molecule has 1 N–H and O–H groups in total. The van der Waals surface area contributed by atoms with Crippen molar-refractivity contribution in [3.05, 3.63) is 58.1 Å². The molecule has 192 valence electrons. The minimum absolute atomic E-state index is 0.111. The Kier molecular flexibility index (Phi) is 10.7. The highest BCUT2D eigenvalue weighted by Crippen LogP contribution is 2.28. The quantitative estimate of drug-likeness (QED) is 0.434. The molecule has 2 rings (SSSR count). The third-order valence-corrected chi connectivity index (χ3v) is 7.20. The first-order valence-electron chi connectivity index (χ1n) is 11.1. The van der Waals surface area contributed by atoms with E-state index in [1.807, 2.05) is 6.92 Å². The van der Waals surface area contributed by atoms with Crippen LogP contribution in [0.3, 0.4) is 0 Å². The van der Waals surface area contributed by atoms with E-state index in [0.717, 1.165) is 22.5 Å². The van der Waals surface area contributed by atoms with E-state index in [1.165, 1.54) is 23.1 Å². The summed E-state index contributed by atoms with van der Waals surface area (Å²) >= 11 is 12.1. The van der Waals surface area contributed by atoms with Crippen molar-refractivity contribution in [1.82, 2.24) is 10.2 Å². The Morgan fingerprint density at radius 2 is 1.71 bits per heavy atom. The summed E-state index contributed by atoms with van der Waals surface area (Å²) in [6.07, 6.45) is 2.10. The Balaban J connectivity index is 2.43. The normalized spacial score (nSPS) is 12.1. The van der Waals surface area contributed by atoms with E-state index in [1.54, 1.807) is 38.3 Å². The summed E-state index contributed by atoms with van der Waals surface area (Å²) < 4.78 is 31.4. The molecule has 11 heteroatoms. The molecular formula is C24H31Cl2N3O5S. The van der Waals surface area contributed by atoms with Crippen LogP contribution in [0.15, 0.2) is 42.5 Å². The first kappa shape index (κ1) is 28.7. The molecular weight excluding hydrogens is 513 g/mol. The second-order valence-corrected chi connectivity index (χ2v) is 10.7. The number of rotatable bonds is 12. The van der Waals surface area contributed by atoms with Gasteiger partial charge in [0.15, 0.2) is 0 Å². The van der Waals surface area contributed by atoms with Gasteiger partial charge in [-0.05, 0) is 48.7 Å². The van der Waals surface area contributed by atoms with Crippen LogP contribution < -0.4 is 14.4 Å². The molecule has 1 atom stereocenters. The third kappa shape index (κ3) is 8.02. The highest BCUT2D eigenvalue weighted by atomic mass is 35.5. The number of carbonyl (C=O) groups excluding carboxylic acids is 2. The maximum Gasteiger partial charge on any atom is 0.244 e. The SMILES string of the molecule is CCCNC(=O)[C@H](CC)N(Cc1ccc(OC)cc1)C(=O)CN(c1ccc(Cl)c(Cl)c1)S(C)(=O)=O. The maximum absolute atomic E-state index is 13.6. The maximum atomic E-state index is 13.6. The van der Waals surface area contributed by atoms with Crippen LogP contribution in [0.25, 0.3) is 0 Å². The van der Waals surface area contributed by atoms with Crippen LogP contribution in [0.2, 0.25) is 10.0 Å². The van der Waals surface area contributed by atoms with Gasteiger partial charge in [0.05, 0.1) is 29.1 Å². The molecule has 0 bridgehead atoms. The van der Waals surface area contributed by atoms with Gasteiger partial charge in [-0.2, -0.15) is 0 Å². The van der Waals surface area contributed by atoms with Crippen molar-refractivity contribution in [2.75, 3.05) is 30.8 Å². The van der Waals surface area contributed by atoms with Crippen LogP contribution in [0, 0.1) is 0 Å². The van der Waals surface area contributed by atoms with Gasteiger partial charge in [0.1, 0.15) is 18.3 Å². The van der Waals surface area contributed by atoms with Gasteiger partial charge in [0.25, 0.3) is 0 Å². The van der Waals surface area contributed by atoms with Crippen LogP contribution in [0.5, 0.6) is 5.75 Å². The second kappa shape index (κ2) is 13.0. The molecule has 0 aliphatic rings. The number of amides is 2. The molecule has 0 aliphatic heterocycles. The summed E-state index contributed by atoms with van der Waals surface area (Å²) in [6, 6.07) is 10.6. The number of sulfonamides is 1. The molecule has 0 fully saturated rings. The van der Waals surface area contributed by atoms with Crippen molar-refractivity contribution in [3.8, 4) is 5.75 Å². The van der Waals surface area contributed by atoms with Gasteiger partial charge in [0.2, 0.25) is 21.8 Å². The number of carbonyl (C=O) groups is 2. The molecule has 0 saturated heterocycles. The summed E-state index contributed by atoms with van der Waals surface area (Å²) in [5.74, 6) is -0.172. The van der Waals surface area contributed by atoms with Gasteiger partial charge in [-0.15, -0.1) is 0 Å². The van der Waals surface area contributed by atoms with E-state index in [2.05, 4.69) is 5.32 Å². The lowest BCUT2D eigenvalue weighted by atomic mass is 10.1. The Morgan fingerprint density at radius 1 is 1.06 bits per heavy atom. The predicted molar refractivity (Wildman–Crippen MR) is 140 cm³/mol. The van der Waals surface area contributed by atoms with Crippen LogP contribution in [-0.4, -0.2) is 57.6 Å². The van der Waals surface area contributed by atoms with E-state index >= 15 is 0 Å². The molecule has 2 aromatic rings. The summed E-state index contributed by atoms with van der Waals surface area (Å²) in [6.45, 7) is 3.81. The highest BCUT2D eigenvalue weighted by molar-refractivity contribution is 7.92. The molecule has 0 aromatic heterocycles. The average Bonchev–Trinajstić information content (AvgIpc) is 2.82. The van der Waals surface area contributed by atoms with E-state index in [-0.39, 0.29) is 28.2 Å². The fraction of sp³-hybridized carbons (Fsp3) is 0.417. The highest BCUT2D eigenvalue weighted by Gasteiger charge is 2.31. The van der Waals surface area contributed by atoms with Crippen molar-refractivity contribution in [3.63, 3.8) is 0 Å². The van der Waals surface area contributed by atoms with Crippen molar-refractivity contribution in [2.24, 2.45) is 0 Å². The summed E-state index contributed by atoms with van der Waals surface area (Å²) in [4.78, 5) is 27.9.